The number of rotatable bonds is 10. The van der Waals surface area contributed by atoms with Crippen LogP contribution in [0.15, 0.2) is 91.3 Å². The van der Waals surface area contributed by atoms with Gasteiger partial charge in [-0.15, -0.1) is 0 Å². The molecule has 0 radical (unpaired) electrons. The van der Waals surface area contributed by atoms with Crippen LogP contribution >= 0.6 is 23.2 Å². The SMILES string of the molecule is CC(CNC(=O)c1cc(F)cc(N(C2CN(C(c3ccc(Cl)cc3)c3ccc(Cl)cc3)C2)S(C)(=O)=O)c1)c1cccnc1. The van der Waals surface area contributed by atoms with Gasteiger partial charge in [0.05, 0.1) is 24.0 Å². The van der Waals surface area contributed by atoms with E-state index in [2.05, 4.69) is 15.2 Å². The molecular weight excluding hydrogens is 610 g/mol. The van der Waals surface area contributed by atoms with Gasteiger partial charge < -0.3 is 5.32 Å². The maximum Gasteiger partial charge on any atom is 0.251 e. The number of amides is 1. The van der Waals surface area contributed by atoms with E-state index in [9.17, 15) is 17.6 Å². The third-order valence-electron chi connectivity index (χ3n) is 7.54. The van der Waals surface area contributed by atoms with Crippen molar-refractivity contribution >= 4 is 44.8 Å². The Morgan fingerprint density at radius 2 is 1.60 bits per heavy atom. The summed E-state index contributed by atoms with van der Waals surface area (Å²) in [5.74, 6) is -1.22. The second kappa shape index (κ2) is 13.0. The van der Waals surface area contributed by atoms with E-state index in [1.807, 2.05) is 67.6 Å². The van der Waals surface area contributed by atoms with Gasteiger partial charge in [0.15, 0.2) is 0 Å². The molecule has 224 valence electrons. The van der Waals surface area contributed by atoms with Gasteiger partial charge >= 0.3 is 0 Å². The highest BCUT2D eigenvalue weighted by molar-refractivity contribution is 7.92. The van der Waals surface area contributed by atoms with Crippen LogP contribution in [0.25, 0.3) is 0 Å². The van der Waals surface area contributed by atoms with Gasteiger partial charge in [0.2, 0.25) is 10.0 Å². The summed E-state index contributed by atoms with van der Waals surface area (Å²) in [4.78, 5) is 19.3. The molecule has 1 aliphatic heterocycles. The first-order valence-electron chi connectivity index (χ1n) is 13.7. The van der Waals surface area contributed by atoms with Crippen LogP contribution < -0.4 is 9.62 Å². The van der Waals surface area contributed by atoms with E-state index in [0.717, 1.165) is 35.1 Å². The zero-order chi connectivity index (χ0) is 30.7. The van der Waals surface area contributed by atoms with E-state index >= 15 is 0 Å². The Morgan fingerprint density at radius 1 is 1.00 bits per heavy atom. The first-order chi connectivity index (χ1) is 20.5. The van der Waals surface area contributed by atoms with Crippen LogP contribution in [0, 0.1) is 5.82 Å². The third-order valence-corrected chi connectivity index (χ3v) is 9.27. The maximum absolute atomic E-state index is 14.9. The van der Waals surface area contributed by atoms with Crippen LogP contribution in [0.3, 0.4) is 0 Å². The van der Waals surface area contributed by atoms with Crippen LogP contribution in [0.5, 0.6) is 0 Å². The van der Waals surface area contributed by atoms with Gasteiger partial charge in [-0.3, -0.25) is 19.0 Å². The molecule has 0 spiro atoms. The van der Waals surface area contributed by atoms with E-state index in [1.165, 1.54) is 10.4 Å². The lowest BCUT2D eigenvalue weighted by molar-refractivity contribution is 0.0951. The molecule has 11 heteroatoms. The highest BCUT2D eigenvalue weighted by Gasteiger charge is 2.41. The standard InChI is InChI=1S/C32H31Cl2FN4O3S/c1-21(24-4-3-13-36-18-24)17-37-32(40)25-14-28(35)16-29(15-25)39(43(2,41)42)30-19-38(20-30)31(22-5-9-26(33)10-6-22)23-7-11-27(34)12-8-23/h3-16,18,21,30-31H,17,19-20H2,1-2H3,(H,37,40). The second-order valence-electron chi connectivity index (χ2n) is 10.8. The summed E-state index contributed by atoms with van der Waals surface area (Å²) in [6, 6.07) is 21.8. The number of aromatic nitrogens is 1. The minimum absolute atomic E-state index is 0.0200. The molecule has 1 N–H and O–H groups in total. The van der Waals surface area contributed by atoms with Crippen LogP contribution in [-0.4, -0.2) is 56.1 Å². The summed E-state index contributed by atoms with van der Waals surface area (Å²) in [5.41, 5.74) is 3.07. The fourth-order valence-corrected chi connectivity index (χ4v) is 6.81. The second-order valence-corrected chi connectivity index (χ2v) is 13.5. The minimum Gasteiger partial charge on any atom is -0.351 e. The Morgan fingerprint density at radius 3 is 2.14 bits per heavy atom. The van der Waals surface area contributed by atoms with Crippen molar-refractivity contribution in [3.05, 3.63) is 129 Å². The van der Waals surface area contributed by atoms with E-state index in [-0.39, 0.29) is 23.2 Å². The predicted molar refractivity (Wildman–Crippen MR) is 169 cm³/mol. The molecule has 1 atom stereocenters. The number of sulfonamides is 1. The first kappa shape index (κ1) is 30.9. The molecule has 1 aromatic heterocycles. The van der Waals surface area contributed by atoms with Crippen molar-refractivity contribution in [2.75, 3.05) is 30.2 Å². The molecule has 3 aromatic carbocycles. The molecule has 1 unspecified atom stereocenters. The number of nitrogens with one attached hydrogen (secondary N) is 1. The number of carbonyl (C=O) groups excluding carboxylic acids is 1. The topological polar surface area (TPSA) is 82.6 Å². The molecule has 1 fully saturated rings. The molecule has 2 heterocycles. The van der Waals surface area contributed by atoms with Gasteiger partial charge in [-0.05, 0) is 71.1 Å². The minimum atomic E-state index is -3.82. The summed E-state index contributed by atoms with van der Waals surface area (Å²) in [5, 5.41) is 4.05. The van der Waals surface area contributed by atoms with Crippen molar-refractivity contribution in [3.8, 4) is 0 Å². The zero-order valence-electron chi connectivity index (χ0n) is 23.6. The highest BCUT2D eigenvalue weighted by Crippen LogP contribution is 2.37. The molecule has 1 aliphatic rings. The molecule has 0 aliphatic carbocycles. The molecule has 0 bridgehead atoms. The third kappa shape index (κ3) is 7.36. The average molecular weight is 642 g/mol. The number of hydrogen-bond acceptors (Lipinski definition) is 5. The number of anilines is 1. The summed E-state index contributed by atoms with van der Waals surface area (Å²) in [6.45, 7) is 3.01. The van der Waals surface area contributed by atoms with Crippen molar-refractivity contribution in [2.24, 2.45) is 0 Å². The van der Waals surface area contributed by atoms with Crippen molar-refractivity contribution in [1.82, 2.24) is 15.2 Å². The predicted octanol–water partition coefficient (Wildman–Crippen LogP) is 6.30. The lowest BCUT2D eigenvalue weighted by Gasteiger charge is -2.48. The van der Waals surface area contributed by atoms with E-state index in [1.54, 1.807) is 12.4 Å². The lowest BCUT2D eigenvalue weighted by Crippen LogP contribution is -2.61. The Balaban J connectivity index is 1.36. The van der Waals surface area contributed by atoms with E-state index < -0.39 is 27.8 Å². The molecule has 0 saturated carbocycles. The normalized spacial score (nSPS) is 14.7. The average Bonchev–Trinajstić information content (AvgIpc) is 2.95. The highest BCUT2D eigenvalue weighted by atomic mass is 35.5. The molecule has 1 amide bonds. The summed E-state index contributed by atoms with van der Waals surface area (Å²) in [7, 11) is -3.82. The fourth-order valence-electron chi connectivity index (χ4n) is 5.39. The molecule has 4 aromatic rings. The van der Waals surface area contributed by atoms with Crippen molar-refractivity contribution in [3.63, 3.8) is 0 Å². The van der Waals surface area contributed by atoms with Crippen LogP contribution in [0.4, 0.5) is 10.1 Å². The molecule has 1 saturated heterocycles. The Bertz CT molecular complexity index is 1640. The summed E-state index contributed by atoms with van der Waals surface area (Å²) >= 11 is 12.3. The smallest absolute Gasteiger partial charge is 0.251 e. The van der Waals surface area contributed by atoms with Crippen molar-refractivity contribution in [2.45, 2.75) is 24.9 Å². The molecule has 43 heavy (non-hydrogen) atoms. The van der Waals surface area contributed by atoms with Gasteiger partial charge in [0.25, 0.3) is 5.91 Å². The van der Waals surface area contributed by atoms with Crippen LogP contribution in [0.2, 0.25) is 10.0 Å². The maximum atomic E-state index is 14.9. The van der Waals surface area contributed by atoms with Crippen LogP contribution in [0.1, 0.15) is 45.9 Å². The molecule has 5 rings (SSSR count). The van der Waals surface area contributed by atoms with E-state index in [0.29, 0.717) is 29.7 Å². The number of nitrogens with zero attached hydrogens (tertiary/aromatic N) is 3. The number of carbonyl (C=O) groups is 1. The number of hydrogen-bond donors (Lipinski definition) is 1. The summed E-state index contributed by atoms with van der Waals surface area (Å²) in [6.07, 6.45) is 4.49. The Labute approximate surface area is 261 Å². The lowest BCUT2D eigenvalue weighted by atomic mass is 9.93. The number of likely N-dealkylation sites (tertiary alicyclic amines) is 1. The quantitative estimate of drug-likeness (QED) is 0.220. The van der Waals surface area contributed by atoms with Crippen molar-refractivity contribution < 1.29 is 17.6 Å². The largest absolute Gasteiger partial charge is 0.351 e. The van der Waals surface area contributed by atoms with Gasteiger partial charge in [0.1, 0.15) is 5.82 Å². The number of pyridine rings is 1. The molecule has 7 nitrogen and oxygen atoms in total. The zero-order valence-corrected chi connectivity index (χ0v) is 26.0. The van der Waals surface area contributed by atoms with Gasteiger partial charge in [-0.25, -0.2) is 12.8 Å². The summed E-state index contributed by atoms with van der Waals surface area (Å²) < 4.78 is 42.2. The fraction of sp³-hybridized carbons (Fsp3) is 0.250. The van der Waals surface area contributed by atoms with Crippen LogP contribution in [-0.2, 0) is 10.0 Å². The molecular formula is C32H31Cl2FN4O3S. The van der Waals surface area contributed by atoms with Crippen molar-refractivity contribution in [1.29, 1.82) is 0 Å². The number of benzene rings is 3. The monoisotopic (exact) mass is 640 g/mol. The Kier molecular flexibility index (Phi) is 9.36. The number of halogens is 3. The Hall–Kier alpha value is -3.50. The van der Waals surface area contributed by atoms with Gasteiger partial charge in [0, 0.05) is 47.6 Å². The van der Waals surface area contributed by atoms with E-state index in [4.69, 9.17) is 23.2 Å². The first-order valence-corrected chi connectivity index (χ1v) is 16.3. The van der Waals surface area contributed by atoms with Gasteiger partial charge in [-0.2, -0.15) is 0 Å². The van der Waals surface area contributed by atoms with Gasteiger partial charge in [-0.1, -0.05) is 60.5 Å².